The van der Waals surface area contributed by atoms with Crippen molar-refractivity contribution in [1.29, 1.82) is 0 Å². The van der Waals surface area contributed by atoms with E-state index in [4.69, 9.17) is 0 Å². The molecule has 0 aliphatic heterocycles. The largest absolute Gasteiger partial charge is 0.366 e. The molecule has 0 aliphatic rings. The molecule has 0 amide bonds. The number of aryl methyl sites for hydroxylation is 2. The van der Waals surface area contributed by atoms with Gasteiger partial charge in [-0.1, -0.05) is 0 Å². The van der Waals surface area contributed by atoms with Crippen molar-refractivity contribution in [3.05, 3.63) is 29.2 Å². The van der Waals surface area contributed by atoms with Crippen molar-refractivity contribution in [2.24, 2.45) is 7.05 Å². The zero-order chi connectivity index (χ0) is 13.8. The highest BCUT2D eigenvalue weighted by Gasteiger charge is 2.05. The van der Waals surface area contributed by atoms with Gasteiger partial charge in [-0.05, 0) is 20.8 Å². The molecule has 2 aromatic rings. The monoisotopic (exact) mass is 260 g/mol. The molecule has 6 heteroatoms. The first-order valence-electron chi connectivity index (χ1n) is 6.41. The third kappa shape index (κ3) is 3.21. The third-order valence-corrected chi connectivity index (χ3v) is 2.99. The molecule has 0 aromatic carbocycles. The Kier molecular flexibility index (Phi) is 3.99. The summed E-state index contributed by atoms with van der Waals surface area (Å²) in [6.07, 6.45) is 1.88. The minimum Gasteiger partial charge on any atom is -0.366 e. The second kappa shape index (κ2) is 5.69. The van der Waals surface area contributed by atoms with Crippen LogP contribution in [-0.4, -0.2) is 26.3 Å². The highest BCUT2D eigenvalue weighted by atomic mass is 15.3. The molecule has 19 heavy (non-hydrogen) atoms. The summed E-state index contributed by atoms with van der Waals surface area (Å²) in [5.74, 6) is 1.49. The lowest BCUT2D eigenvalue weighted by atomic mass is 10.2. The number of anilines is 2. The van der Waals surface area contributed by atoms with Crippen LogP contribution in [0.15, 0.2) is 12.3 Å². The maximum absolute atomic E-state index is 4.41. The molecule has 0 saturated carbocycles. The molecule has 0 aliphatic carbocycles. The number of rotatable bonds is 5. The van der Waals surface area contributed by atoms with E-state index < -0.39 is 0 Å². The minimum atomic E-state index is 0.660. The molecule has 0 bridgehead atoms. The van der Waals surface area contributed by atoms with Crippen molar-refractivity contribution < 1.29 is 0 Å². The van der Waals surface area contributed by atoms with Crippen LogP contribution < -0.4 is 10.6 Å². The van der Waals surface area contributed by atoms with Gasteiger partial charge in [0.05, 0.1) is 6.20 Å². The Hall–Kier alpha value is -2.11. The number of hydrogen-bond donors (Lipinski definition) is 2. The maximum atomic E-state index is 4.41. The summed E-state index contributed by atoms with van der Waals surface area (Å²) in [7, 11) is 1.94. The Morgan fingerprint density at radius 3 is 2.63 bits per heavy atom. The molecule has 0 spiro atoms. The van der Waals surface area contributed by atoms with Crippen molar-refractivity contribution in [2.75, 3.05) is 17.2 Å². The maximum Gasteiger partial charge on any atom is 0.224 e. The van der Waals surface area contributed by atoms with Crippen LogP contribution in [-0.2, 0) is 13.6 Å². The normalized spacial score (nSPS) is 10.5. The van der Waals surface area contributed by atoms with Crippen LogP contribution in [0.1, 0.15) is 23.9 Å². The van der Waals surface area contributed by atoms with Gasteiger partial charge in [0.1, 0.15) is 5.82 Å². The van der Waals surface area contributed by atoms with Crippen molar-refractivity contribution in [1.82, 2.24) is 19.7 Å². The molecule has 2 aromatic heterocycles. The van der Waals surface area contributed by atoms with Crippen LogP contribution in [0.5, 0.6) is 0 Å². The Morgan fingerprint density at radius 2 is 2.00 bits per heavy atom. The lowest BCUT2D eigenvalue weighted by Crippen LogP contribution is -2.08. The van der Waals surface area contributed by atoms with Crippen molar-refractivity contribution >= 4 is 11.8 Å². The molecule has 2 N–H and O–H groups in total. The second-order valence-corrected chi connectivity index (χ2v) is 4.48. The Morgan fingerprint density at radius 1 is 1.21 bits per heavy atom. The Bertz CT molecular complexity index is 560. The van der Waals surface area contributed by atoms with Crippen LogP contribution in [0, 0.1) is 13.8 Å². The summed E-state index contributed by atoms with van der Waals surface area (Å²) in [5, 5.41) is 10.7. The highest BCUT2D eigenvalue weighted by Crippen LogP contribution is 2.12. The van der Waals surface area contributed by atoms with Crippen molar-refractivity contribution in [2.45, 2.75) is 27.3 Å². The van der Waals surface area contributed by atoms with Gasteiger partial charge in [-0.15, -0.1) is 0 Å². The third-order valence-electron chi connectivity index (χ3n) is 2.99. The fourth-order valence-electron chi connectivity index (χ4n) is 1.80. The summed E-state index contributed by atoms with van der Waals surface area (Å²) in [4.78, 5) is 8.74. The van der Waals surface area contributed by atoms with E-state index in [0.29, 0.717) is 12.5 Å². The molecule has 0 unspecified atom stereocenters. The van der Waals surface area contributed by atoms with Crippen LogP contribution >= 0.6 is 0 Å². The highest BCUT2D eigenvalue weighted by molar-refractivity contribution is 5.42. The topological polar surface area (TPSA) is 67.7 Å². The second-order valence-electron chi connectivity index (χ2n) is 4.48. The summed E-state index contributed by atoms with van der Waals surface area (Å²) in [6, 6.07) is 1.94. The predicted molar refractivity (Wildman–Crippen MR) is 76.2 cm³/mol. The van der Waals surface area contributed by atoms with Gasteiger partial charge in [-0.25, -0.2) is 4.98 Å². The Balaban J connectivity index is 2.08. The number of nitrogens with one attached hydrogen (secondary N) is 2. The van der Waals surface area contributed by atoms with Crippen molar-refractivity contribution in [3.8, 4) is 0 Å². The first-order valence-corrected chi connectivity index (χ1v) is 6.41. The van der Waals surface area contributed by atoms with Gasteiger partial charge < -0.3 is 10.6 Å². The van der Waals surface area contributed by atoms with Gasteiger partial charge in [0.15, 0.2) is 0 Å². The van der Waals surface area contributed by atoms with Crippen LogP contribution in [0.4, 0.5) is 11.8 Å². The molecule has 6 nitrogen and oxygen atoms in total. The van der Waals surface area contributed by atoms with E-state index in [1.54, 1.807) is 0 Å². The molecule has 0 fully saturated rings. The summed E-state index contributed by atoms with van der Waals surface area (Å²) >= 11 is 0. The van der Waals surface area contributed by atoms with Gasteiger partial charge >= 0.3 is 0 Å². The molecular weight excluding hydrogens is 240 g/mol. The molecule has 102 valence electrons. The van der Waals surface area contributed by atoms with Gasteiger partial charge in [-0.2, -0.15) is 10.1 Å². The summed E-state index contributed by atoms with van der Waals surface area (Å²) in [6.45, 7) is 7.56. The van der Waals surface area contributed by atoms with E-state index in [0.717, 1.165) is 23.8 Å². The SMILES string of the molecule is CCNc1nc(C)cc(NCc2cnn(C)c2C)n1. The molecule has 0 atom stereocenters. The Labute approximate surface area is 113 Å². The van der Waals surface area contributed by atoms with Crippen molar-refractivity contribution in [3.63, 3.8) is 0 Å². The van der Waals surface area contributed by atoms with Gasteiger partial charge in [0.2, 0.25) is 5.95 Å². The van der Waals surface area contributed by atoms with E-state index >= 15 is 0 Å². The van der Waals surface area contributed by atoms with Gasteiger partial charge in [0.25, 0.3) is 0 Å². The average Bonchev–Trinajstić information content (AvgIpc) is 2.67. The first-order chi connectivity index (χ1) is 9.10. The van der Waals surface area contributed by atoms with E-state index in [9.17, 15) is 0 Å². The quantitative estimate of drug-likeness (QED) is 0.859. The van der Waals surface area contributed by atoms with Crippen LogP contribution in [0.25, 0.3) is 0 Å². The van der Waals surface area contributed by atoms with Gasteiger partial charge in [-0.3, -0.25) is 4.68 Å². The molecule has 2 heterocycles. The molecule has 0 saturated heterocycles. The van der Waals surface area contributed by atoms with E-state index in [1.165, 1.54) is 5.56 Å². The van der Waals surface area contributed by atoms with E-state index in [1.807, 2.05) is 37.8 Å². The lowest BCUT2D eigenvalue weighted by molar-refractivity contribution is 0.738. The summed E-state index contributed by atoms with van der Waals surface area (Å²) < 4.78 is 1.87. The predicted octanol–water partition coefficient (Wildman–Crippen LogP) is 1.87. The molecular formula is C13H20N6. The fourth-order valence-corrected chi connectivity index (χ4v) is 1.80. The molecule has 2 rings (SSSR count). The van der Waals surface area contributed by atoms with E-state index in [2.05, 4.69) is 32.6 Å². The standard InChI is InChI=1S/C13H20N6/c1-5-14-13-17-9(2)6-12(18-13)15-7-11-8-16-19(4)10(11)3/h6,8H,5,7H2,1-4H3,(H2,14,15,17,18). The first kappa shape index (κ1) is 13.3. The number of hydrogen-bond acceptors (Lipinski definition) is 5. The number of aromatic nitrogens is 4. The fraction of sp³-hybridized carbons (Fsp3) is 0.462. The van der Waals surface area contributed by atoms with Gasteiger partial charge in [0, 0.05) is 43.2 Å². The molecule has 0 radical (unpaired) electrons. The zero-order valence-corrected chi connectivity index (χ0v) is 11.9. The van der Waals surface area contributed by atoms with Crippen LogP contribution in [0.3, 0.4) is 0 Å². The summed E-state index contributed by atoms with van der Waals surface area (Å²) in [5.41, 5.74) is 3.27. The average molecular weight is 260 g/mol. The minimum absolute atomic E-state index is 0.660. The van der Waals surface area contributed by atoms with Crippen LogP contribution in [0.2, 0.25) is 0 Å². The van der Waals surface area contributed by atoms with E-state index in [-0.39, 0.29) is 0 Å². The number of nitrogens with zero attached hydrogens (tertiary/aromatic N) is 4. The zero-order valence-electron chi connectivity index (χ0n) is 11.9. The smallest absolute Gasteiger partial charge is 0.224 e. The lowest BCUT2D eigenvalue weighted by Gasteiger charge is -2.08.